The molecule has 0 radical (unpaired) electrons. The molecule has 0 heterocycles. The summed E-state index contributed by atoms with van der Waals surface area (Å²) >= 11 is 5.87. The number of nitrogens with zero attached hydrogens (tertiary/aromatic N) is 1. The molecule has 2 amide bonds. The van der Waals surface area contributed by atoms with Gasteiger partial charge in [-0.3, -0.25) is 9.59 Å². The van der Waals surface area contributed by atoms with Crippen LogP contribution in [0.15, 0.2) is 48.5 Å². The predicted molar refractivity (Wildman–Crippen MR) is 108 cm³/mol. The summed E-state index contributed by atoms with van der Waals surface area (Å²) in [6.07, 6.45) is 0. The third-order valence-electron chi connectivity index (χ3n) is 4.15. The van der Waals surface area contributed by atoms with E-state index in [-0.39, 0.29) is 11.8 Å². The number of hydrogen-bond acceptors (Lipinski definition) is 3. The highest BCUT2D eigenvalue weighted by Gasteiger charge is 2.30. The van der Waals surface area contributed by atoms with Gasteiger partial charge in [-0.25, -0.2) is 0 Å². The summed E-state index contributed by atoms with van der Waals surface area (Å²) in [5, 5.41) is 3.42. The van der Waals surface area contributed by atoms with Gasteiger partial charge in [-0.05, 0) is 70.2 Å². The molecule has 0 saturated heterocycles. The monoisotopic (exact) mass is 388 g/mol. The fourth-order valence-corrected chi connectivity index (χ4v) is 2.67. The fraction of sp³-hybridized carbons (Fsp3) is 0.333. The van der Waals surface area contributed by atoms with Crippen LogP contribution in [0.1, 0.15) is 38.1 Å². The molecule has 0 atom stereocenters. The fourth-order valence-electron chi connectivity index (χ4n) is 2.55. The SMILES string of the molecule is CCN(CC)C(=O)c1cccc(NC(=O)C(C)(C)Oc2ccc(Cl)cc2)c1. The molecule has 0 aromatic heterocycles. The molecule has 0 bridgehead atoms. The quantitative estimate of drug-likeness (QED) is 0.752. The molecule has 2 aromatic rings. The third kappa shape index (κ3) is 5.47. The Kier molecular flexibility index (Phi) is 6.86. The van der Waals surface area contributed by atoms with Crippen molar-refractivity contribution in [1.29, 1.82) is 0 Å². The maximum Gasteiger partial charge on any atom is 0.267 e. The first kappa shape index (κ1) is 20.8. The number of anilines is 1. The second-order valence-electron chi connectivity index (χ2n) is 6.58. The van der Waals surface area contributed by atoms with E-state index < -0.39 is 5.60 Å². The van der Waals surface area contributed by atoms with Gasteiger partial charge >= 0.3 is 0 Å². The molecule has 0 fully saturated rings. The van der Waals surface area contributed by atoms with E-state index in [1.54, 1.807) is 67.3 Å². The lowest BCUT2D eigenvalue weighted by atomic mass is 10.1. The molecule has 2 rings (SSSR count). The summed E-state index contributed by atoms with van der Waals surface area (Å²) in [7, 11) is 0. The van der Waals surface area contributed by atoms with Gasteiger partial charge in [-0.1, -0.05) is 17.7 Å². The van der Waals surface area contributed by atoms with Crippen LogP contribution in [0.3, 0.4) is 0 Å². The average molecular weight is 389 g/mol. The molecule has 5 nitrogen and oxygen atoms in total. The molecule has 0 aliphatic rings. The minimum absolute atomic E-state index is 0.0622. The number of amides is 2. The van der Waals surface area contributed by atoms with E-state index in [1.165, 1.54) is 0 Å². The molecular weight excluding hydrogens is 364 g/mol. The summed E-state index contributed by atoms with van der Waals surface area (Å²) in [4.78, 5) is 26.9. The van der Waals surface area contributed by atoms with Gasteiger partial charge < -0.3 is 15.0 Å². The molecule has 27 heavy (non-hydrogen) atoms. The topological polar surface area (TPSA) is 58.6 Å². The molecule has 6 heteroatoms. The first-order valence-corrected chi connectivity index (χ1v) is 9.30. The van der Waals surface area contributed by atoms with Gasteiger partial charge in [0.15, 0.2) is 5.60 Å². The van der Waals surface area contributed by atoms with Crippen molar-refractivity contribution in [2.45, 2.75) is 33.3 Å². The molecule has 2 aromatic carbocycles. The van der Waals surface area contributed by atoms with E-state index >= 15 is 0 Å². The van der Waals surface area contributed by atoms with Crippen molar-refractivity contribution >= 4 is 29.1 Å². The highest BCUT2D eigenvalue weighted by molar-refractivity contribution is 6.30. The van der Waals surface area contributed by atoms with Crippen LogP contribution in [0.4, 0.5) is 5.69 Å². The number of hydrogen-bond donors (Lipinski definition) is 1. The van der Waals surface area contributed by atoms with Crippen LogP contribution < -0.4 is 10.1 Å². The first-order chi connectivity index (χ1) is 12.8. The van der Waals surface area contributed by atoms with Crippen molar-refractivity contribution in [3.8, 4) is 5.75 Å². The van der Waals surface area contributed by atoms with Crippen LogP contribution in [0, 0.1) is 0 Å². The number of halogens is 1. The highest BCUT2D eigenvalue weighted by atomic mass is 35.5. The van der Waals surface area contributed by atoms with E-state index in [2.05, 4.69) is 5.32 Å². The molecule has 0 spiro atoms. The van der Waals surface area contributed by atoms with Crippen LogP contribution in [0.2, 0.25) is 5.02 Å². The number of ether oxygens (including phenoxy) is 1. The molecule has 144 valence electrons. The van der Waals surface area contributed by atoms with Gasteiger partial charge in [0, 0.05) is 29.4 Å². The summed E-state index contributed by atoms with van der Waals surface area (Å²) in [5.41, 5.74) is -0.0223. The number of carbonyl (C=O) groups excluding carboxylic acids is 2. The normalized spacial score (nSPS) is 11.0. The molecule has 1 N–H and O–H groups in total. The van der Waals surface area contributed by atoms with E-state index in [9.17, 15) is 9.59 Å². The minimum Gasteiger partial charge on any atom is -0.478 e. The van der Waals surface area contributed by atoms with Crippen molar-refractivity contribution in [3.63, 3.8) is 0 Å². The zero-order valence-electron chi connectivity index (χ0n) is 16.1. The van der Waals surface area contributed by atoms with Crippen LogP contribution in [-0.2, 0) is 4.79 Å². The van der Waals surface area contributed by atoms with Gasteiger partial charge in [-0.15, -0.1) is 0 Å². The number of nitrogens with one attached hydrogen (secondary N) is 1. The van der Waals surface area contributed by atoms with E-state index in [0.29, 0.717) is 35.1 Å². The van der Waals surface area contributed by atoms with Crippen LogP contribution >= 0.6 is 11.6 Å². The molecule has 0 saturated carbocycles. The summed E-state index contributed by atoms with van der Waals surface area (Å²) in [5.74, 6) is 0.169. The van der Waals surface area contributed by atoms with Gasteiger partial charge in [0.05, 0.1) is 0 Å². The Balaban J connectivity index is 2.11. The zero-order valence-corrected chi connectivity index (χ0v) is 16.8. The van der Waals surface area contributed by atoms with Crippen LogP contribution in [-0.4, -0.2) is 35.4 Å². The van der Waals surface area contributed by atoms with Crippen LogP contribution in [0.5, 0.6) is 5.75 Å². The largest absolute Gasteiger partial charge is 0.478 e. The Hall–Kier alpha value is -2.53. The minimum atomic E-state index is -1.10. The van der Waals surface area contributed by atoms with Crippen molar-refractivity contribution in [2.24, 2.45) is 0 Å². The number of benzene rings is 2. The van der Waals surface area contributed by atoms with Crippen molar-refractivity contribution in [1.82, 2.24) is 4.90 Å². The van der Waals surface area contributed by atoms with Crippen molar-refractivity contribution in [3.05, 3.63) is 59.1 Å². The average Bonchev–Trinajstić information content (AvgIpc) is 2.64. The third-order valence-corrected chi connectivity index (χ3v) is 4.40. The van der Waals surface area contributed by atoms with Gasteiger partial charge in [0.2, 0.25) is 0 Å². The molecular formula is C21H25ClN2O3. The second kappa shape index (κ2) is 8.91. The maximum absolute atomic E-state index is 12.7. The maximum atomic E-state index is 12.7. The zero-order chi connectivity index (χ0) is 20.0. The molecule has 0 aliphatic heterocycles. The van der Waals surface area contributed by atoms with Gasteiger partial charge in [-0.2, -0.15) is 0 Å². The summed E-state index contributed by atoms with van der Waals surface area (Å²) < 4.78 is 5.80. The van der Waals surface area contributed by atoms with E-state index in [1.807, 2.05) is 13.8 Å². The highest BCUT2D eigenvalue weighted by Crippen LogP contribution is 2.22. The second-order valence-corrected chi connectivity index (χ2v) is 7.02. The Bertz CT molecular complexity index is 799. The number of carbonyl (C=O) groups is 2. The van der Waals surface area contributed by atoms with Gasteiger partial charge in [0.1, 0.15) is 5.75 Å². The summed E-state index contributed by atoms with van der Waals surface area (Å²) in [6.45, 7) is 8.50. The van der Waals surface area contributed by atoms with Crippen molar-refractivity contribution < 1.29 is 14.3 Å². The van der Waals surface area contributed by atoms with Crippen molar-refractivity contribution in [2.75, 3.05) is 18.4 Å². The van der Waals surface area contributed by atoms with E-state index in [4.69, 9.17) is 16.3 Å². The van der Waals surface area contributed by atoms with Crippen LogP contribution in [0.25, 0.3) is 0 Å². The molecule has 0 aliphatic carbocycles. The lowest BCUT2D eigenvalue weighted by Crippen LogP contribution is -2.42. The Morgan fingerprint density at radius 2 is 1.70 bits per heavy atom. The first-order valence-electron chi connectivity index (χ1n) is 8.92. The lowest BCUT2D eigenvalue weighted by Gasteiger charge is -2.25. The molecule has 0 unspecified atom stereocenters. The number of rotatable bonds is 7. The standard InChI is InChI=1S/C21H25ClN2O3/c1-5-24(6-2)19(25)15-8-7-9-17(14-15)23-20(26)21(3,4)27-18-12-10-16(22)11-13-18/h7-14H,5-6H2,1-4H3,(H,23,26). The Morgan fingerprint density at radius 3 is 2.30 bits per heavy atom. The predicted octanol–water partition coefficient (Wildman–Crippen LogP) is 4.62. The Morgan fingerprint density at radius 1 is 1.07 bits per heavy atom. The lowest BCUT2D eigenvalue weighted by molar-refractivity contribution is -0.128. The Labute approximate surface area is 165 Å². The van der Waals surface area contributed by atoms with E-state index in [0.717, 1.165) is 0 Å². The smallest absolute Gasteiger partial charge is 0.267 e. The van der Waals surface area contributed by atoms with Gasteiger partial charge in [0.25, 0.3) is 11.8 Å². The summed E-state index contributed by atoms with van der Waals surface area (Å²) in [6, 6.07) is 13.7.